The van der Waals surface area contributed by atoms with Gasteiger partial charge in [-0.3, -0.25) is 4.79 Å². The van der Waals surface area contributed by atoms with Crippen molar-refractivity contribution in [1.82, 2.24) is 0 Å². The maximum absolute atomic E-state index is 11.8. The Labute approximate surface area is 206 Å². The molecule has 2 aliphatic carbocycles. The molecule has 0 bridgehead atoms. The number of hydrogen-bond donors (Lipinski definition) is 1. The minimum Gasteiger partial charge on any atom is -0.456 e. The highest BCUT2D eigenvalue weighted by atomic mass is 127. The van der Waals surface area contributed by atoms with E-state index in [0.29, 0.717) is 5.76 Å². The van der Waals surface area contributed by atoms with E-state index < -0.39 is 0 Å². The van der Waals surface area contributed by atoms with Crippen LogP contribution in [0.25, 0.3) is 27.7 Å². The SMILES string of the molecule is CC1(C)C(=CC=C2CCCc3cc4ccc(=O)cc-4oc32)Nc2ccc3cc(I)ccc3c21. The van der Waals surface area contributed by atoms with Crippen molar-refractivity contribution in [2.45, 2.75) is 38.5 Å². The Morgan fingerprint density at radius 3 is 2.76 bits per heavy atom. The summed E-state index contributed by atoms with van der Waals surface area (Å²) in [4.78, 5) is 11.8. The van der Waals surface area contributed by atoms with Crippen LogP contribution in [0, 0.1) is 3.57 Å². The summed E-state index contributed by atoms with van der Waals surface area (Å²) in [6.45, 7) is 4.58. The van der Waals surface area contributed by atoms with E-state index in [4.69, 9.17) is 4.42 Å². The van der Waals surface area contributed by atoms with Crippen LogP contribution in [0.5, 0.6) is 0 Å². The van der Waals surface area contributed by atoms with E-state index in [9.17, 15) is 4.79 Å². The second-order valence-electron chi connectivity index (χ2n) is 9.53. The summed E-state index contributed by atoms with van der Waals surface area (Å²) in [7, 11) is 0. The third-order valence-corrected chi connectivity index (χ3v) is 7.67. The number of hydrogen-bond acceptors (Lipinski definition) is 3. The van der Waals surface area contributed by atoms with Gasteiger partial charge in [-0.15, -0.1) is 0 Å². The van der Waals surface area contributed by atoms with Crippen LogP contribution in [0.1, 0.15) is 43.6 Å². The van der Waals surface area contributed by atoms with Crippen molar-refractivity contribution in [3.05, 3.63) is 103 Å². The van der Waals surface area contributed by atoms with Crippen LogP contribution in [-0.2, 0) is 11.8 Å². The normalized spacial score (nSPS) is 19.1. The molecule has 3 nitrogen and oxygen atoms in total. The van der Waals surface area contributed by atoms with E-state index in [1.165, 1.54) is 42.4 Å². The molecule has 0 fully saturated rings. The molecule has 1 N–H and O–H groups in total. The lowest BCUT2D eigenvalue weighted by atomic mass is 9.81. The lowest BCUT2D eigenvalue weighted by Gasteiger charge is -2.22. The predicted octanol–water partition coefficient (Wildman–Crippen LogP) is 7.51. The van der Waals surface area contributed by atoms with E-state index in [1.54, 1.807) is 12.1 Å². The Hall–Kier alpha value is -2.86. The van der Waals surface area contributed by atoms with Gasteiger partial charge in [0.1, 0.15) is 11.5 Å². The molecule has 0 radical (unpaired) electrons. The largest absolute Gasteiger partial charge is 0.456 e. The Morgan fingerprint density at radius 2 is 1.88 bits per heavy atom. The maximum Gasteiger partial charge on any atom is 0.182 e. The fraction of sp³-hybridized carbons (Fsp3) is 0.207. The van der Waals surface area contributed by atoms with Gasteiger partial charge in [-0.25, -0.2) is 0 Å². The van der Waals surface area contributed by atoms with Crippen LogP contribution in [0.15, 0.2) is 81.7 Å². The van der Waals surface area contributed by atoms with Crippen LogP contribution < -0.4 is 10.7 Å². The third-order valence-electron chi connectivity index (χ3n) is 7.00. The number of nitrogens with one attached hydrogen (secondary N) is 1. The van der Waals surface area contributed by atoms with Crippen molar-refractivity contribution in [1.29, 1.82) is 0 Å². The molecule has 4 aliphatic rings. The molecule has 0 atom stereocenters. The molecule has 0 spiro atoms. The zero-order chi connectivity index (χ0) is 22.7. The first-order chi connectivity index (χ1) is 15.9. The quantitative estimate of drug-likeness (QED) is 0.252. The molecule has 0 saturated heterocycles. The van der Waals surface area contributed by atoms with Crippen molar-refractivity contribution in [3.63, 3.8) is 0 Å². The maximum atomic E-state index is 11.8. The van der Waals surface area contributed by atoms with Gasteiger partial charge in [0.25, 0.3) is 0 Å². The number of halogens is 1. The first kappa shape index (κ1) is 20.7. The molecule has 33 heavy (non-hydrogen) atoms. The summed E-state index contributed by atoms with van der Waals surface area (Å²) in [5, 5.41) is 6.26. The molecule has 2 aromatic carbocycles. The van der Waals surface area contributed by atoms with Gasteiger partial charge in [-0.05, 0) is 112 Å². The monoisotopic (exact) mass is 545 g/mol. The molecule has 0 amide bonds. The Morgan fingerprint density at radius 1 is 1.00 bits per heavy atom. The van der Waals surface area contributed by atoms with Gasteiger partial charge in [0.2, 0.25) is 0 Å². The molecule has 4 heteroatoms. The Kier molecular flexibility index (Phi) is 4.77. The number of rotatable bonds is 1. The molecule has 0 saturated carbocycles. The lowest BCUT2D eigenvalue weighted by Crippen LogP contribution is -2.17. The van der Waals surface area contributed by atoms with Gasteiger partial charge in [-0.1, -0.05) is 32.1 Å². The highest BCUT2D eigenvalue weighted by molar-refractivity contribution is 14.1. The second kappa shape index (κ2) is 7.59. The van der Waals surface area contributed by atoms with Crippen molar-refractivity contribution in [2.75, 3.05) is 5.32 Å². The van der Waals surface area contributed by atoms with Crippen molar-refractivity contribution in [2.24, 2.45) is 0 Å². The van der Waals surface area contributed by atoms with Crippen molar-refractivity contribution in [3.8, 4) is 11.3 Å². The van der Waals surface area contributed by atoms with E-state index in [1.807, 2.05) is 6.07 Å². The van der Waals surface area contributed by atoms with E-state index >= 15 is 0 Å². The fourth-order valence-electron chi connectivity index (χ4n) is 5.30. The van der Waals surface area contributed by atoms with Gasteiger partial charge >= 0.3 is 0 Å². The van der Waals surface area contributed by atoms with Crippen LogP contribution in [0.2, 0.25) is 0 Å². The topological polar surface area (TPSA) is 42.2 Å². The minimum absolute atomic E-state index is 0.0220. The molecular formula is C29H24INO2. The average Bonchev–Trinajstić information content (AvgIpc) is 3.06. The van der Waals surface area contributed by atoms with Gasteiger partial charge < -0.3 is 9.73 Å². The molecule has 0 aromatic heterocycles. The first-order valence-electron chi connectivity index (χ1n) is 11.4. The van der Waals surface area contributed by atoms with E-state index in [2.05, 4.69) is 90.3 Å². The van der Waals surface area contributed by atoms with E-state index in [-0.39, 0.29) is 10.8 Å². The Bertz CT molecular complexity index is 1520. The van der Waals surface area contributed by atoms with Crippen LogP contribution >= 0.6 is 22.6 Å². The summed E-state index contributed by atoms with van der Waals surface area (Å²) >= 11 is 2.37. The molecule has 6 rings (SSSR count). The summed E-state index contributed by atoms with van der Waals surface area (Å²) in [6, 6.07) is 18.3. The number of fused-ring (bicyclic) bond motifs is 5. The third kappa shape index (κ3) is 3.43. The van der Waals surface area contributed by atoms with Crippen molar-refractivity contribution < 1.29 is 4.42 Å². The van der Waals surface area contributed by atoms with Gasteiger partial charge in [0, 0.05) is 32.0 Å². The molecule has 2 aromatic rings. The summed E-state index contributed by atoms with van der Waals surface area (Å²) in [6.07, 6.45) is 7.49. The van der Waals surface area contributed by atoms with E-state index in [0.717, 1.165) is 30.6 Å². The number of benzene rings is 3. The number of aryl methyl sites for hydroxylation is 1. The second-order valence-corrected chi connectivity index (χ2v) is 10.8. The molecule has 0 unspecified atom stereocenters. The van der Waals surface area contributed by atoms with Gasteiger partial charge in [0.15, 0.2) is 5.43 Å². The minimum atomic E-state index is -0.131. The molecule has 2 aliphatic heterocycles. The van der Waals surface area contributed by atoms with Crippen molar-refractivity contribution >= 4 is 44.6 Å². The van der Waals surface area contributed by atoms with Crippen LogP contribution in [0.4, 0.5) is 5.69 Å². The summed E-state index contributed by atoms with van der Waals surface area (Å²) < 4.78 is 7.51. The number of allylic oxidation sites excluding steroid dienone is 4. The Balaban J connectivity index is 1.44. The van der Waals surface area contributed by atoms with Gasteiger partial charge in [0.05, 0.1) is 0 Å². The summed E-state index contributed by atoms with van der Waals surface area (Å²) in [5.74, 6) is 1.58. The average molecular weight is 545 g/mol. The molecule has 164 valence electrons. The fourth-order valence-corrected chi connectivity index (χ4v) is 5.81. The first-order valence-corrected chi connectivity index (χ1v) is 12.5. The van der Waals surface area contributed by atoms with Crippen LogP contribution in [-0.4, -0.2) is 0 Å². The zero-order valence-electron chi connectivity index (χ0n) is 18.7. The standard InChI is InChI=1S/C29H24INO2/c1-29(2)26(31-24-12-7-18-15-21(30)9-11-23(18)27(24)29)13-8-17-4-3-5-20-14-19-6-10-22(32)16-25(19)33-28(17)20/h6-16,31H,3-5H2,1-2H3. The molecule has 2 heterocycles. The lowest BCUT2D eigenvalue weighted by molar-refractivity contribution is 0.526. The summed E-state index contributed by atoms with van der Waals surface area (Å²) in [5.41, 5.74) is 6.97. The predicted molar refractivity (Wildman–Crippen MR) is 144 cm³/mol. The van der Waals surface area contributed by atoms with Gasteiger partial charge in [-0.2, -0.15) is 0 Å². The highest BCUT2D eigenvalue weighted by Gasteiger charge is 2.36. The smallest absolute Gasteiger partial charge is 0.182 e. The zero-order valence-corrected chi connectivity index (χ0v) is 20.8. The number of anilines is 1. The van der Waals surface area contributed by atoms with Crippen LogP contribution in [0.3, 0.4) is 0 Å². The molecular weight excluding hydrogens is 521 g/mol. The highest BCUT2D eigenvalue weighted by Crippen LogP contribution is 2.47.